The lowest BCUT2D eigenvalue weighted by atomic mass is 9.77. The summed E-state index contributed by atoms with van der Waals surface area (Å²) in [4.78, 5) is 27.4. The van der Waals surface area contributed by atoms with E-state index in [-0.39, 0.29) is 17.7 Å². The number of nitrogens with zero attached hydrogens (tertiary/aromatic N) is 2. The number of carboxylic acid groups (broad SMARTS) is 1. The van der Waals surface area contributed by atoms with Crippen LogP contribution in [0.25, 0.3) is 6.08 Å². The highest BCUT2D eigenvalue weighted by molar-refractivity contribution is 5.74. The second-order valence-corrected chi connectivity index (χ2v) is 8.52. The molecular weight excluding hydrogens is 372 g/mol. The van der Waals surface area contributed by atoms with Gasteiger partial charge in [0.1, 0.15) is 18.1 Å². The van der Waals surface area contributed by atoms with Crippen molar-refractivity contribution in [1.29, 1.82) is 0 Å². The average Bonchev–Trinajstić information content (AvgIpc) is 3.20. The monoisotopic (exact) mass is 400 g/mol. The standard InChI is InChI=1S/C22H28N2O5/c1-15(25)24-11-18-10-23(13-22(18,14-24)6-5-21(26)27)9-16-7-17-8-19(28-2)3-4-20(17)29-12-16/h3-4,7-8,18H,5-6,9-14H2,1-2H3,(H,26,27)/t18-,22+/m0/s1. The topological polar surface area (TPSA) is 79.3 Å². The van der Waals surface area contributed by atoms with Gasteiger partial charge in [-0.15, -0.1) is 0 Å². The molecule has 0 radical (unpaired) electrons. The molecule has 156 valence electrons. The Morgan fingerprint density at radius 3 is 2.86 bits per heavy atom. The van der Waals surface area contributed by atoms with Crippen LogP contribution in [0.3, 0.4) is 0 Å². The highest BCUT2D eigenvalue weighted by atomic mass is 16.5. The van der Waals surface area contributed by atoms with Gasteiger partial charge in [0.25, 0.3) is 0 Å². The number of benzene rings is 1. The Balaban J connectivity index is 1.47. The molecule has 2 atom stereocenters. The fourth-order valence-electron chi connectivity index (χ4n) is 5.07. The Bertz CT molecular complexity index is 852. The summed E-state index contributed by atoms with van der Waals surface area (Å²) in [6, 6.07) is 5.80. The molecule has 1 N–H and O–H groups in total. The zero-order valence-corrected chi connectivity index (χ0v) is 17.0. The highest BCUT2D eigenvalue weighted by Gasteiger charge is 2.52. The molecule has 7 heteroatoms. The molecule has 0 saturated carbocycles. The number of hydrogen-bond donors (Lipinski definition) is 1. The predicted molar refractivity (Wildman–Crippen MR) is 108 cm³/mol. The normalized spacial score (nSPS) is 25.8. The van der Waals surface area contributed by atoms with E-state index in [0.29, 0.717) is 25.5 Å². The van der Waals surface area contributed by atoms with Gasteiger partial charge < -0.3 is 19.5 Å². The van der Waals surface area contributed by atoms with Crippen molar-refractivity contribution in [3.05, 3.63) is 29.3 Å². The van der Waals surface area contributed by atoms with Crippen LogP contribution in [0, 0.1) is 11.3 Å². The number of fused-ring (bicyclic) bond motifs is 2. The third-order valence-corrected chi connectivity index (χ3v) is 6.53. The number of carbonyl (C=O) groups is 2. The van der Waals surface area contributed by atoms with Gasteiger partial charge in [-0.05, 0) is 42.2 Å². The molecule has 0 unspecified atom stereocenters. The SMILES string of the molecule is COc1ccc2c(c1)C=C(CN1C[C@H]3CN(C(C)=O)C[C@@]3(CCC(=O)O)C1)CO2. The summed E-state index contributed by atoms with van der Waals surface area (Å²) >= 11 is 0. The van der Waals surface area contributed by atoms with Crippen LogP contribution in [0.4, 0.5) is 0 Å². The lowest BCUT2D eigenvalue weighted by molar-refractivity contribution is -0.137. The summed E-state index contributed by atoms with van der Waals surface area (Å²) < 4.78 is 11.2. The van der Waals surface area contributed by atoms with Gasteiger partial charge in [0.2, 0.25) is 5.91 Å². The van der Waals surface area contributed by atoms with Crippen LogP contribution in [-0.2, 0) is 9.59 Å². The Kier molecular flexibility index (Phi) is 5.25. The molecule has 0 spiro atoms. The number of carbonyl (C=O) groups excluding carboxylic acids is 1. The first-order chi connectivity index (χ1) is 13.9. The predicted octanol–water partition coefficient (Wildman–Crippen LogP) is 2.12. The van der Waals surface area contributed by atoms with Gasteiger partial charge in [0.15, 0.2) is 0 Å². The number of ether oxygens (including phenoxy) is 2. The molecule has 29 heavy (non-hydrogen) atoms. The lowest BCUT2D eigenvalue weighted by Gasteiger charge is -2.29. The maximum atomic E-state index is 11.9. The van der Waals surface area contributed by atoms with Crippen molar-refractivity contribution < 1.29 is 24.2 Å². The number of aliphatic carboxylic acids is 1. The Labute approximate surface area is 170 Å². The second-order valence-electron chi connectivity index (χ2n) is 8.52. The van der Waals surface area contributed by atoms with Crippen molar-refractivity contribution in [2.75, 3.05) is 46.4 Å². The van der Waals surface area contributed by atoms with E-state index in [0.717, 1.165) is 43.2 Å². The fourth-order valence-corrected chi connectivity index (χ4v) is 5.07. The van der Waals surface area contributed by atoms with Crippen molar-refractivity contribution in [3.63, 3.8) is 0 Å². The number of hydrogen-bond acceptors (Lipinski definition) is 5. The van der Waals surface area contributed by atoms with E-state index in [1.165, 1.54) is 5.57 Å². The van der Waals surface area contributed by atoms with Gasteiger partial charge in [-0.25, -0.2) is 0 Å². The number of methoxy groups -OCH3 is 1. The van der Waals surface area contributed by atoms with Gasteiger partial charge in [-0.1, -0.05) is 0 Å². The molecule has 0 bridgehead atoms. The summed E-state index contributed by atoms with van der Waals surface area (Å²) in [7, 11) is 1.65. The minimum Gasteiger partial charge on any atom is -0.497 e. The van der Waals surface area contributed by atoms with Crippen molar-refractivity contribution in [3.8, 4) is 11.5 Å². The minimum absolute atomic E-state index is 0.0783. The van der Waals surface area contributed by atoms with Gasteiger partial charge >= 0.3 is 5.97 Å². The van der Waals surface area contributed by atoms with Crippen molar-refractivity contribution >= 4 is 18.0 Å². The van der Waals surface area contributed by atoms with E-state index in [2.05, 4.69) is 11.0 Å². The first-order valence-corrected chi connectivity index (χ1v) is 10.1. The van der Waals surface area contributed by atoms with Crippen LogP contribution in [0.5, 0.6) is 11.5 Å². The fraction of sp³-hybridized carbons (Fsp3) is 0.545. The van der Waals surface area contributed by atoms with E-state index < -0.39 is 5.97 Å². The summed E-state index contributed by atoms with van der Waals surface area (Å²) in [5.74, 6) is 1.30. The molecule has 1 amide bonds. The first-order valence-electron chi connectivity index (χ1n) is 10.1. The molecular formula is C22H28N2O5. The Hall–Kier alpha value is -2.54. The van der Waals surface area contributed by atoms with Crippen LogP contribution in [-0.4, -0.2) is 73.2 Å². The van der Waals surface area contributed by atoms with E-state index in [4.69, 9.17) is 9.47 Å². The van der Waals surface area contributed by atoms with Gasteiger partial charge in [0, 0.05) is 57.0 Å². The summed E-state index contributed by atoms with van der Waals surface area (Å²) in [5, 5.41) is 9.20. The molecule has 2 fully saturated rings. The first kappa shape index (κ1) is 19.8. The maximum absolute atomic E-state index is 11.9. The number of amides is 1. The van der Waals surface area contributed by atoms with Gasteiger partial charge in [0.05, 0.1) is 7.11 Å². The molecule has 4 rings (SSSR count). The zero-order chi connectivity index (χ0) is 20.6. The Morgan fingerprint density at radius 1 is 1.31 bits per heavy atom. The van der Waals surface area contributed by atoms with Crippen molar-refractivity contribution in [2.24, 2.45) is 11.3 Å². The van der Waals surface area contributed by atoms with Crippen LogP contribution in [0.15, 0.2) is 23.8 Å². The van der Waals surface area contributed by atoms with E-state index in [1.54, 1.807) is 14.0 Å². The van der Waals surface area contributed by atoms with Gasteiger partial charge in [-0.2, -0.15) is 0 Å². The van der Waals surface area contributed by atoms with Gasteiger partial charge in [-0.3, -0.25) is 14.5 Å². The highest BCUT2D eigenvalue weighted by Crippen LogP contribution is 2.46. The van der Waals surface area contributed by atoms with E-state index in [1.807, 2.05) is 23.1 Å². The average molecular weight is 400 g/mol. The van der Waals surface area contributed by atoms with Crippen molar-refractivity contribution in [1.82, 2.24) is 9.80 Å². The maximum Gasteiger partial charge on any atom is 0.303 e. The number of likely N-dealkylation sites (tertiary alicyclic amines) is 2. The summed E-state index contributed by atoms with van der Waals surface area (Å²) in [6.07, 6.45) is 2.93. The zero-order valence-electron chi connectivity index (χ0n) is 17.0. The largest absolute Gasteiger partial charge is 0.497 e. The lowest BCUT2D eigenvalue weighted by Crippen LogP contribution is -2.37. The number of rotatable bonds is 6. The molecule has 3 aliphatic rings. The van der Waals surface area contributed by atoms with Crippen molar-refractivity contribution in [2.45, 2.75) is 19.8 Å². The van der Waals surface area contributed by atoms with E-state index in [9.17, 15) is 14.7 Å². The molecule has 2 saturated heterocycles. The molecule has 0 aromatic heterocycles. The molecule has 1 aromatic rings. The summed E-state index contributed by atoms with van der Waals surface area (Å²) in [6.45, 7) is 6.03. The number of carboxylic acids is 1. The van der Waals surface area contributed by atoms with Crippen LogP contribution in [0.1, 0.15) is 25.3 Å². The Morgan fingerprint density at radius 2 is 2.14 bits per heavy atom. The second kappa shape index (κ2) is 7.71. The molecule has 3 aliphatic heterocycles. The van der Waals surface area contributed by atoms with Crippen LogP contribution >= 0.6 is 0 Å². The minimum atomic E-state index is -0.771. The quantitative estimate of drug-likeness (QED) is 0.788. The summed E-state index contributed by atoms with van der Waals surface area (Å²) in [5.41, 5.74) is 2.09. The third kappa shape index (κ3) is 3.96. The molecule has 3 heterocycles. The molecule has 7 nitrogen and oxygen atoms in total. The molecule has 0 aliphatic carbocycles. The smallest absolute Gasteiger partial charge is 0.303 e. The van der Waals surface area contributed by atoms with Crippen LogP contribution < -0.4 is 9.47 Å². The van der Waals surface area contributed by atoms with E-state index >= 15 is 0 Å². The van der Waals surface area contributed by atoms with Crippen LogP contribution in [0.2, 0.25) is 0 Å². The molecule has 1 aromatic carbocycles. The third-order valence-electron chi connectivity index (χ3n) is 6.53.